The number of amides is 1. The number of rotatable bonds is 6. The van der Waals surface area contributed by atoms with Crippen LogP contribution in [0.1, 0.15) is 50.6 Å². The highest BCUT2D eigenvalue weighted by Crippen LogP contribution is 2.24. The van der Waals surface area contributed by atoms with Gasteiger partial charge in [0, 0.05) is 13.0 Å². The van der Waals surface area contributed by atoms with E-state index < -0.39 is 17.8 Å². The Morgan fingerprint density at radius 3 is 2.50 bits per heavy atom. The van der Waals surface area contributed by atoms with Gasteiger partial charge in [0.2, 0.25) is 5.82 Å². The third-order valence-corrected chi connectivity index (χ3v) is 2.79. The van der Waals surface area contributed by atoms with Crippen LogP contribution in [0.4, 0.5) is 0 Å². The fraction of sp³-hybridized carbons (Fsp3) is 0.692. The van der Waals surface area contributed by atoms with Crippen LogP contribution in [0.15, 0.2) is 0 Å². The summed E-state index contributed by atoms with van der Waals surface area (Å²) < 4.78 is 0. The molecule has 0 fully saturated rings. The first-order valence-electron chi connectivity index (χ1n) is 6.65. The maximum absolute atomic E-state index is 11.8. The zero-order valence-electron chi connectivity index (χ0n) is 12.4. The number of carboxylic acids is 1. The van der Waals surface area contributed by atoms with Gasteiger partial charge >= 0.3 is 5.97 Å². The van der Waals surface area contributed by atoms with Gasteiger partial charge in [-0.3, -0.25) is 14.7 Å². The van der Waals surface area contributed by atoms with E-state index in [2.05, 4.69) is 20.5 Å². The molecule has 112 valence electrons. The average Bonchev–Trinajstić information content (AvgIpc) is 2.81. The third-order valence-electron chi connectivity index (χ3n) is 2.79. The Hall–Kier alpha value is -1.92. The standard InChI is InChI=1S/C13H22N4O3/c1-5-9-15-10(17-16-9)11(18)14-7-8(12(19)20)6-13(2,3)4/h8H,5-7H2,1-4H3,(H,14,18)(H,19,20)(H,15,16,17). The Labute approximate surface area is 118 Å². The van der Waals surface area contributed by atoms with Gasteiger partial charge in [-0.05, 0) is 11.8 Å². The lowest BCUT2D eigenvalue weighted by Gasteiger charge is -2.23. The van der Waals surface area contributed by atoms with Crippen molar-refractivity contribution in [3.05, 3.63) is 11.6 Å². The zero-order chi connectivity index (χ0) is 15.3. The molecular formula is C13H22N4O3. The molecule has 1 unspecified atom stereocenters. The highest BCUT2D eigenvalue weighted by molar-refractivity contribution is 5.90. The van der Waals surface area contributed by atoms with Gasteiger partial charge in [0.25, 0.3) is 5.91 Å². The number of nitrogens with zero attached hydrogens (tertiary/aromatic N) is 2. The van der Waals surface area contributed by atoms with Crippen molar-refractivity contribution >= 4 is 11.9 Å². The fourth-order valence-electron chi connectivity index (χ4n) is 1.84. The van der Waals surface area contributed by atoms with E-state index in [9.17, 15) is 14.7 Å². The minimum Gasteiger partial charge on any atom is -0.481 e. The van der Waals surface area contributed by atoms with Crippen molar-refractivity contribution in [1.29, 1.82) is 0 Å². The van der Waals surface area contributed by atoms with Crippen LogP contribution < -0.4 is 5.32 Å². The summed E-state index contributed by atoms with van der Waals surface area (Å²) in [6.45, 7) is 7.86. The number of aromatic nitrogens is 3. The molecule has 0 saturated heterocycles. The van der Waals surface area contributed by atoms with Crippen LogP contribution in [0.25, 0.3) is 0 Å². The molecular weight excluding hydrogens is 260 g/mol. The second kappa shape index (κ2) is 6.49. The average molecular weight is 282 g/mol. The molecule has 1 atom stereocenters. The normalized spacial score (nSPS) is 13.0. The Balaban J connectivity index is 2.59. The summed E-state index contributed by atoms with van der Waals surface area (Å²) in [5, 5.41) is 18.2. The SMILES string of the molecule is CCc1nc(C(=O)NCC(CC(C)(C)C)C(=O)O)n[nH]1. The van der Waals surface area contributed by atoms with E-state index in [0.717, 1.165) is 0 Å². The smallest absolute Gasteiger partial charge is 0.308 e. The minimum atomic E-state index is -0.913. The maximum Gasteiger partial charge on any atom is 0.308 e. The number of carboxylic acid groups (broad SMARTS) is 1. The summed E-state index contributed by atoms with van der Waals surface area (Å²) in [5.74, 6) is -1.32. The second-order valence-electron chi connectivity index (χ2n) is 5.97. The van der Waals surface area contributed by atoms with Gasteiger partial charge in [-0.1, -0.05) is 27.7 Å². The molecule has 3 N–H and O–H groups in total. The number of carbonyl (C=O) groups excluding carboxylic acids is 1. The van der Waals surface area contributed by atoms with E-state index >= 15 is 0 Å². The van der Waals surface area contributed by atoms with Gasteiger partial charge in [-0.2, -0.15) is 0 Å². The van der Waals surface area contributed by atoms with Crippen LogP contribution >= 0.6 is 0 Å². The van der Waals surface area contributed by atoms with Crippen molar-refractivity contribution in [2.45, 2.75) is 40.5 Å². The summed E-state index contributed by atoms with van der Waals surface area (Å²) >= 11 is 0. The Bertz CT molecular complexity index is 476. The first-order chi connectivity index (χ1) is 9.23. The molecule has 0 radical (unpaired) electrons. The van der Waals surface area contributed by atoms with Crippen molar-refractivity contribution in [1.82, 2.24) is 20.5 Å². The van der Waals surface area contributed by atoms with E-state index in [1.54, 1.807) is 0 Å². The lowest BCUT2D eigenvalue weighted by Crippen LogP contribution is -2.35. The number of hydrogen-bond acceptors (Lipinski definition) is 4. The molecule has 0 aliphatic heterocycles. The molecule has 0 aliphatic rings. The lowest BCUT2D eigenvalue weighted by molar-refractivity contribution is -0.142. The van der Waals surface area contributed by atoms with Gasteiger partial charge in [-0.25, -0.2) is 4.98 Å². The predicted octanol–water partition coefficient (Wildman–Crippen LogP) is 1.23. The number of carbonyl (C=O) groups is 2. The largest absolute Gasteiger partial charge is 0.481 e. The second-order valence-corrected chi connectivity index (χ2v) is 5.97. The van der Waals surface area contributed by atoms with Crippen LogP contribution in [-0.4, -0.2) is 38.7 Å². The summed E-state index contributed by atoms with van der Waals surface area (Å²) in [5.41, 5.74) is -0.117. The minimum absolute atomic E-state index is 0.0433. The van der Waals surface area contributed by atoms with Crippen LogP contribution in [-0.2, 0) is 11.2 Å². The van der Waals surface area contributed by atoms with Gasteiger partial charge in [0.05, 0.1) is 5.92 Å². The molecule has 0 bridgehead atoms. The van der Waals surface area contributed by atoms with Crippen LogP contribution in [0.2, 0.25) is 0 Å². The molecule has 1 rings (SSSR count). The molecule has 0 saturated carbocycles. The van der Waals surface area contributed by atoms with Gasteiger partial charge in [-0.15, -0.1) is 5.10 Å². The quantitative estimate of drug-likeness (QED) is 0.727. The molecule has 1 aromatic rings. The molecule has 20 heavy (non-hydrogen) atoms. The summed E-state index contributed by atoms with van der Waals surface area (Å²) in [6, 6.07) is 0. The van der Waals surface area contributed by atoms with Crippen LogP contribution in [0.5, 0.6) is 0 Å². The topological polar surface area (TPSA) is 108 Å². The number of aliphatic carboxylic acids is 1. The first kappa shape index (κ1) is 16.1. The number of aryl methyl sites for hydroxylation is 1. The summed E-state index contributed by atoms with van der Waals surface area (Å²) in [6.07, 6.45) is 1.14. The molecule has 0 aromatic carbocycles. The monoisotopic (exact) mass is 282 g/mol. The van der Waals surface area contributed by atoms with Crippen molar-refractivity contribution < 1.29 is 14.7 Å². The van der Waals surface area contributed by atoms with E-state index in [1.807, 2.05) is 27.7 Å². The number of nitrogens with one attached hydrogen (secondary N) is 2. The van der Waals surface area contributed by atoms with Crippen LogP contribution in [0, 0.1) is 11.3 Å². The molecule has 1 amide bonds. The molecule has 7 heteroatoms. The summed E-state index contributed by atoms with van der Waals surface area (Å²) in [4.78, 5) is 27.0. The molecule has 1 aromatic heterocycles. The van der Waals surface area contributed by atoms with Gasteiger partial charge in [0.1, 0.15) is 5.82 Å². The van der Waals surface area contributed by atoms with E-state index in [1.165, 1.54) is 0 Å². The highest BCUT2D eigenvalue weighted by atomic mass is 16.4. The third kappa shape index (κ3) is 4.99. The zero-order valence-corrected chi connectivity index (χ0v) is 12.4. The Kier molecular flexibility index (Phi) is 5.24. The maximum atomic E-state index is 11.8. The van der Waals surface area contributed by atoms with Gasteiger partial charge < -0.3 is 10.4 Å². The van der Waals surface area contributed by atoms with E-state index in [-0.39, 0.29) is 17.8 Å². The Morgan fingerprint density at radius 1 is 1.40 bits per heavy atom. The molecule has 1 heterocycles. The molecule has 0 spiro atoms. The van der Waals surface area contributed by atoms with Crippen molar-refractivity contribution in [3.63, 3.8) is 0 Å². The van der Waals surface area contributed by atoms with Crippen molar-refractivity contribution in [2.24, 2.45) is 11.3 Å². The fourth-order valence-corrected chi connectivity index (χ4v) is 1.84. The van der Waals surface area contributed by atoms with E-state index in [0.29, 0.717) is 18.7 Å². The lowest BCUT2D eigenvalue weighted by atomic mass is 9.84. The number of aromatic amines is 1. The van der Waals surface area contributed by atoms with E-state index in [4.69, 9.17) is 0 Å². The van der Waals surface area contributed by atoms with Crippen molar-refractivity contribution in [2.75, 3.05) is 6.54 Å². The van der Waals surface area contributed by atoms with Crippen LogP contribution in [0.3, 0.4) is 0 Å². The predicted molar refractivity (Wildman–Crippen MR) is 73.3 cm³/mol. The highest BCUT2D eigenvalue weighted by Gasteiger charge is 2.25. The Morgan fingerprint density at radius 2 is 2.05 bits per heavy atom. The summed E-state index contributed by atoms with van der Waals surface area (Å²) in [7, 11) is 0. The van der Waals surface area contributed by atoms with Crippen molar-refractivity contribution in [3.8, 4) is 0 Å². The number of H-pyrrole nitrogens is 1. The molecule has 0 aliphatic carbocycles. The first-order valence-corrected chi connectivity index (χ1v) is 6.65. The van der Waals surface area contributed by atoms with Gasteiger partial charge in [0.15, 0.2) is 0 Å². The molecule has 7 nitrogen and oxygen atoms in total. The number of hydrogen-bond donors (Lipinski definition) is 3.